The molecule has 4 heterocycles. The Balaban J connectivity index is 1.44. The number of aliphatic hydroxyl groups excluding tert-OH is 4. The van der Waals surface area contributed by atoms with Crippen molar-refractivity contribution in [3.63, 3.8) is 0 Å². The van der Waals surface area contributed by atoms with Gasteiger partial charge in [0.2, 0.25) is 12.1 Å². The van der Waals surface area contributed by atoms with Crippen LogP contribution in [0, 0.1) is 23.2 Å². The molecule has 62 heavy (non-hydrogen) atoms. The van der Waals surface area contributed by atoms with Gasteiger partial charge in [-0.3, -0.25) is 10.3 Å². The number of carboxylic acids is 1. The summed E-state index contributed by atoms with van der Waals surface area (Å²) in [5.74, 6) is -5.55. The first-order chi connectivity index (χ1) is 29.8. The Bertz CT molecular complexity index is 1760. The van der Waals surface area contributed by atoms with E-state index in [4.69, 9.17) is 29.4 Å². The Morgan fingerprint density at radius 3 is 2.58 bits per heavy atom. The van der Waals surface area contributed by atoms with E-state index in [2.05, 4.69) is 22.2 Å². The average Bonchev–Trinajstić information content (AvgIpc) is 3.86. The number of nitrogens with two attached hydrogens (primary N) is 1. The van der Waals surface area contributed by atoms with Crippen molar-refractivity contribution in [3.05, 3.63) is 59.7 Å². The second kappa shape index (κ2) is 21.7. The summed E-state index contributed by atoms with van der Waals surface area (Å²) >= 11 is 0. The molecule has 0 aromatic heterocycles. The highest BCUT2D eigenvalue weighted by atomic mass is 33.1. The number of carboxylic acid groups (broad SMARTS) is 1. The van der Waals surface area contributed by atoms with Crippen LogP contribution in [0.3, 0.4) is 0 Å². The first-order valence-corrected chi connectivity index (χ1v) is 23.5. The Morgan fingerprint density at radius 2 is 1.90 bits per heavy atom. The molecule has 2 saturated carbocycles. The number of esters is 1. The van der Waals surface area contributed by atoms with E-state index in [1.807, 2.05) is 0 Å². The fourth-order valence-electron chi connectivity index (χ4n) is 9.30. The highest BCUT2D eigenvalue weighted by molar-refractivity contribution is 8.76. The van der Waals surface area contributed by atoms with Gasteiger partial charge in [0, 0.05) is 49.2 Å². The summed E-state index contributed by atoms with van der Waals surface area (Å²) in [5.41, 5.74) is 6.75. The molecule has 346 valence electrons. The largest absolute Gasteiger partial charge is 0.478 e. The molecule has 1 saturated heterocycles. The second-order valence-corrected chi connectivity index (χ2v) is 19.0. The predicted molar refractivity (Wildman–Crippen MR) is 228 cm³/mol. The molecular formula is C41H61N5O14S2. The lowest BCUT2D eigenvalue weighted by molar-refractivity contribution is -0.410. The van der Waals surface area contributed by atoms with Crippen molar-refractivity contribution >= 4 is 39.5 Å². The smallest absolute Gasteiger partial charge is 0.339 e. The fraction of sp³-hybridized carbons (Fsp3) is 0.683. The van der Waals surface area contributed by atoms with Crippen molar-refractivity contribution in [2.45, 2.75) is 93.8 Å². The standard InChI is InChI=1S/C41H61N5O14S2/c1-3-25-26-8-7-23-15-46(16-27(35(51)52)32(23)45-39(42)44-13-6-14-47)24(17-48)20-61-62-21-29-30(9-12-40(29)10-4-5-11-40)58-36(53)28(26)19-56-37(25)60-38-34(57-22-43-2)41(54,55)33(50)31(18-49)59-38/h3,7-8,16,19,24-26,29-31,33-34,37-38,43,47-50,54-55H,1,4-6,9-15,17-18,20-22H2,2H3,(H,51,52)(H3,42,44,45)/b8-7+/t24-,25-,26+,29-,30-,31-,33-,34+,37+,38+/m1/s1. The van der Waals surface area contributed by atoms with Crippen molar-refractivity contribution in [1.29, 1.82) is 0 Å². The highest BCUT2D eigenvalue weighted by Crippen LogP contribution is 2.57. The molecular weight excluding hydrogens is 851 g/mol. The van der Waals surface area contributed by atoms with Gasteiger partial charge in [-0.15, -0.1) is 6.58 Å². The molecule has 4 aliphatic heterocycles. The van der Waals surface area contributed by atoms with E-state index in [1.165, 1.54) is 18.5 Å². The van der Waals surface area contributed by atoms with E-state index >= 15 is 0 Å². The third kappa shape index (κ3) is 10.5. The van der Waals surface area contributed by atoms with Crippen molar-refractivity contribution in [3.8, 4) is 0 Å². The van der Waals surface area contributed by atoms with Gasteiger partial charge in [-0.2, -0.15) is 0 Å². The molecule has 0 amide bonds. The van der Waals surface area contributed by atoms with Gasteiger partial charge in [0.1, 0.15) is 18.3 Å². The molecule has 11 N–H and O–H groups in total. The summed E-state index contributed by atoms with van der Waals surface area (Å²) in [7, 11) is 4.79. The molecule has 0 unspecified atom stereocenters. The van der Waals surface area contributed by atoms with Gasteiger partial charge in [0.25, 0.3) is 0 Å². The molecule has 1 spiro atoms. The summed E-state index contributed by atoms with van der Waals surface area (Å²) in [5, 5.41) is 78.9. The number of rotatable bonds is 13. The molecule has 19 nitrogen and oxygen atoms in total. The maximum absolute atomic E-state index is 14.5. The van der Waals surface area contributed by atoms with Gasteiger partial charge in [0.05, 0.1) is 55.0 Å². The van der Waals surface area contributed by atoms with Gasteiger partial charge in [-0.1, -0.05) is 52.7 Å². The van der Waals surface area contributed by atoms with Crippen molar-refractivity contribution in [1.82, 2.24) is 15.5 Å². The molecule has 0 radical (unpaired) electrons. The van der Waals surface area contributed by atoms with Crippen LogP contribution in [-0.4, -0.2) is 166 Å². The minimum absolute atomic E-state index is 0.0402. The summed E-state index contributed by atoms with van der Waals surface area (Å²) < 4.78 is 30.2. The van der Waals surface area contributed by atoms with E-state index in [-0.39, 0.29) is 73.3 Å². The normalized spacial score (nSPS) is 34.3. The van der Waals surface area contributed by atoms with E-state index in [0.717, 1.165) is 32.1 Å². The Morgan fingerprint density at radius 1 is 1.15 bits per heavy atom. The van der Waals surface area contributed by atoms with Gasteiger partial charge in [-0.05, 0) is 50.1 Å². The van der Waals surface area contributed by atoms with E-state index < -0.39 is 73.1 Å². The van der Waals surface area contributed by atoms with Crippen LogP contribution in [0.1, 0.15) is 44.9 Å². The molecule has 3 fully saturated rings. The van der Waals surface area contributed by atoms with Gasteiger partial charge >= 0.3 is 11.9 Å². The average molecular weight is 912 g/mol. The number of nitrogens with one attached hydrogen (secondary N) is 2. The number of hydrogen-bond acceptors (Lipinski definition) is 18. The fourth-order valence-corrected chi connectivity index (χ4v) is 12.2. The van der Waals surface area contributed by atoms with Crippen molar-refractivity contribution < 1.29 is 69.0 Å². The van der Waals surface area contributed by atoms with Crippen LogP contribution < -0.4 is 16.4 Å². The molecule has 6 aliphatic rings. The summed E-state index contributed by atoms with van der Waals surface area (Å²) in [4.78, 5) is 33.5. The Kier molecular flexibility index (Phi) is 16.9. The number of aliphatic imine (C=N–C) groups is 1. The molecule has 10 atom stereocenters. The van der Waals surface area contributed by atoms with Crippen LogP contribution in [-0.2, 0) is 33.3 Å². The zero-order valence-electron chi connectivity index (χ0n) is 34.8. The minimum Gasteiger partial charge on any atom is -0.478 e. The molecule has 21 heteroatoms. The summed E-state index contributed by atoms with van der Waals surface area (Å²) in [6.07, 6.45) is 5.19. The van der Waals surface area contributed by atoms with Crippen molar-refractivity contribution in [2.75, 3.05) is 58.2 Å². The lowest BCUT2D eigenvalue weighted by Crippen LogP contribution is -2.69. The van der Waals surface area contributed by atoms with E-state index in [9.17, 15) is 45.3 Å². The lowest BCUT2D eigenvalue weighted by Gasteiger charge is -2.47. The van der Waals surface area contributed by atoms with Gasteiger partial charge < -0.3 is 75.4 Å². The maximum atomic E-state index is 14.5. The number of allylic oxidation sites excluding steroid dienone is 1. The van der Waals surface area contributed by atoms with Gasteiger partial charge in [0.15, 0.2) is 18.4 Å². The number of hydrogen-bond donors (Lipinski definition) is 10. The third-order valence-corrected chi connectivity index (χ3v) is 15.2. The quantitative estimate of drug-likeness (QED) is 0.0221. The molecule has 0 aromatic rings. The van der Waals surface area contributed by atoms with Crippen LogP contribution >= 0.6 is 21.6 Å². The number of aliphatic hydroxyl groups is 6. The Labute approximate surface area is 368 Å². The highest BCUT2D eigenvalue weighted by Gasteiger charge is 2.58. The third-order valence-electron chi connectivity index (χ3n) is 12.7. The zero-order valence-corrected chi connectivity index (χ0v) is 36.4. The zero-order chi connectivity index (χ0) is 44.6. The molecule has 2 aliphatic carbocycles. The molecule has 0 aromatic carbocycles. The van der Waals surface area contributed by atoms with E-state index in [0.29, 0.717) is 29.9 Å². The van der Waals surface area contributed by atoms with Crippen LogP contribution in [0.15, 0.2) is 64.7 Å². The van der Waals surface area contributed by atoms with Crippen LogP contribution in [0.25, 0.3) is 0 Å². The number of nitrogens with zero attached hydrogens (tertiary/aromatic N) is 2. The lowest BCUT2D eigenvalue weighted by atomic mass is 9.77. The summed E-state index contributed by atoms with van der Waals surface area (Å²) in [6, 6.07) is -0.481. The van der Waals surface area contributed by atoms with Crippen LogP contribution in [0.5, 0.6) is 0 Å². The SMILES string of the molecule is C=C[C@H]1[C@H](O[C@@H]2O[C@H](CO)[C@@H](O)C(O)(O)[C@H]2OCNC)OC=C2C(=O)O[C@@H]3CCC4(CCCC4)[C@@H]3CSSC[C@@H](CO)N3C=C(C(=O)O)C(NC(N)=NCCCO)=C(/C=C/[C@H]21)C3. The maximum Gasteiger partial charge on any atom is 0.339 e. The van der Waals surface area contributed by atoms with Gasteiger partial charge in [-0.25, -0.2) is 9.59 Å². The topological polar surface area (TPSA) is 288 Å². The number of carbonyl (C=O) groups excluding carboxylic acids is 1. The number of ether oxygens (including phenoxy) is 5. The summed E-state index contributed by atoms with van der Waals surface area (Å²) in [6.45, 7) is 2.92. The van der Waals surface area contributed by atoms with Crippen LogP contribution in [0.2, 0.25) is 0 Å². The van der Waals surface area contributed by atoms with Crippen LogP contribution in [0.4, 0.5) is 0 Å². The number of guanidine groups is 1. The van der Waals surface area contributed by atoms with E-state index in [1.54, 1.807) is 45.7 Å². The number of aliphatic carboxylic acids is 1. The first-order valence-electron chi connectivity index (χ1n) is 21.0. The number of carbonyl (C=O) groups is 2. The second-order valence-electron chi connectivity index (χ2n) is 16.4. The molecule has 6 rings (SSSR count). The Hall–Kier alpha value is -3.19. The predicted octanol–water partition coefficient (Wildman–Crippen LogP) is 0.00190. The van der Waals surface area contributed by atoms with Crippen molar-refractivity contribution in [2.24, 2.45) is 33.9 Å². The first kappa shape index (κ1) is 48.3. The monoisotopic (exact) mass is 911 g/mol. The molecule has 2 bridgehead atoms. The minimum atomic E-state index is -2.95. The number of fused-ring (bicyclic) bond motifs is 5.